The molecule has 1 aromatic carbocycles. The summed E-state index contributed by atoms with van der Waals surface area (Å²) >= 11 is 13.4. The van der Waals surface area contributed by atoms with Gasteiger partial charge in [0.25, 0.3) is 5.91 Å². The number of nitrogens with zero attached hydrogens (tertiary/aromatic N) is 1. The lowest BCUT2D eigenvalue weighted by molar-refractivity contribution is -0.124. The van der Waals surface area contributed by atoms with Crippen LogP contribution in [0.15, 0.2) is 26.0 Å². The number of thioether (sulfide) groups is 1. The number of aromatic hydroxyl groups is 1. The summed E-state index contributed by atoms with van der Waals surface area (Å²) in [5, 5.41) is 9.78. The van der Waals surface area contributed by atoms with Gasteiger partial charge < -0.3 is 5.11 Å². The van der Waals surface area contributed by atoms with E-state index in [1.807, 2.05) is 6.08 Å². The summed E-state index contributed by atoms with van der Waals surface area (Å²) in [6, 6.07) is 3.82. The van der Waals surface area contributed by atoms with Crippen molar-refractivity contribution in [3.8, 4) is 5.75 Å². The minimum Gasteiger partial charge on any atom is -0.506 e. The SMILES string of the molecule is O=C1/C(=C/c2cc(Br)c(O)c(Br)c2)SC(=S)N1C1CCCCC1. The minimum atomic E-state index is 0.00669. The largest absolute Gasteiger partial charge is 0.506 e. The molecule has 3 rings (SSSR count). The maximum Gasteiger partial charge on any atom is 0.266 e. The zero-order valence-electron chi connectivity index (χ0n) is 12.2. The summed E-state index contributed by atoms with van der Waals surface area (Å²) in [6.07, 6.45) is 7.48. The van der Waals surface area contributed by atoms with Gasteiger partial charge in [0.15, 0.2) is 0 Å². The Morgan fingerprint density at radius 2 is 1.83 bits per heavy atom. The Bertz CT molecular complexity index is 676. The molecule has 2 fully saturated rings. The van der Waals surface area contributed by atoms with Crippen LogP contribution in [0.2, 0.25) is 0 Å². The van der Waals surface area contributed by atoms with Crippen LogP contribution in [0.5, 0.6) is 5.75 Å². The monoisotopic (exact) mass is 475 g/mol. The number of amides is 1. The van der Waals surface area contributed by atoms with Crippen molar-refractivity contribution in [2.45, 2.75) is 38.1 Å². The second-order valence-electron chi connectivity index (χ2n) is 5.68. The Morgan fingerprint density at radius 3 is 2.43 bits per heavy atom. The molecule has 0 atom stereocenters. The van der Waals surface area contributed by atoms with Crippen molar-refractivity contribution in [1.29, 1.82) is 0 Å². The number of phenols is 1. The topological polar surface area (TPSA) is 40.5 Å². The second kappa shape index (κ2) is 7.25. The molecule has 0 spiro atoms. The fraction of sp³-hybridized carbons (Fsp3) is 0.375. The van der Waals surface area contributed by atoms with Gasteiger partial charge in [-0.2, -0.15) is 0 Å². The highest BCUT2D eigenvalue weighted by molar-refractivity contribution is 9.11. The Labute approximate surface area is 161 Å². The van der Waals surface area contributed by atoms with Gasteiger partial charge in [0.1, 0.15) is 10.1 Å². The lowest BCUT2D eigenvalue weighted by Crippen LogP contribution is -2.39. The third kappa shape index (κ3) is 3.67. The molecule has 0 radical (unpaired) electrons. The van der Waals surface area contributed by atoms with E-state index in [1.165, 1.54) is 31.0 Å². The average molecular weight is 477 g/mol. The lowest BCUT2D eigenvalue weighted by atomic mass is 9.94. The fourth-order valence-corrected chi connectivity index (χ4v) is 5.58. The number of thiocarbonyl (C=S) groups is 1. The van der Waals surface area contributed by atoms with Gasteiger partial charge in [-0.05, 0) is 68.5 Å². The number of carbonyl (C=O) groups is 1. The maximum absolute atomic E-state index is 12.7. The highest BCUT2D eigenvalue weighted by Gasteiger charge is 2.37. The zero-order chi connectivity index (χ0) is 16.6. The van der Waals surface area contributed by atoms with Gasteiger partial charge in [0.05, 0.1) is 13.9 Å². The molecule has 1 amide bonds. The normalized spacial score (nSPS) is 21.5. The van der Waals surface area contributed by atoms with Crippen LogP contribution in [0, 0.1) is 0 Å². The molecular formula is C16H15Br2NO2S2. The summed E-state index contributed by atoms with van der Waals surface area (Å²) in [4.78, 5) is 15.2. The molecule has 1 aliphatic heterocycles. The van der Waals surface area contributed by atoms with Crippen molar-refractivity contribution in [2.24, 2.45) is 0 Å². The van der Waals surface area contributed by atoms with Crippen molar-refractivity contribution in [1.82, 2.24) is 4.90 Å². The van der Waals surface area contributed by atoms with E-state index in [9.17, 15) is 9.90 Å². The Balaban J connectivity index is 1.86. The number of hydrogen-bond donors (Lipinski definition) is 1. The molecule has 0 unspecified atom stereocenters. The number of carbonyl (C=O) groups excluding carboxylic acids is 1. The molecule has 1 heterocycles. The Morgan fingerprint density at radius 1 is 1.22 bits per heavy atom. The molecule has 3 nitrogen and oxygen atoms in total. The van der Waals surface area contributed by atoms with Crippen molar-refractivity contribution in [3.63, 3.8) is 0 Å². The van der Waals surface area contributed by atoms with E-state index in [2.05, 4.69) is 31.9 Å². The van der Waals surface area contributed by atoms with Crippen LogP contribution in [0.25, 0.3) is 6.08 Å². The van der Waals surface area contributed by atoms with Crippen LogP contribution in [0.4, 0.5) is 0 Å². The number of hydrogen-bond acceptors (Lipinski definition) is 4. The average Bonchev–Trinajstić information content (AvgIpc) is 2.80. The van der Waals surface area contributed by atoms with Crippen LogP contribution in [-0.2, 0) is 4.79 Å². The summed E-state index contributed by atoms with van der Waals surface area (Å²) < 4.78 is 1.83. The summed E-state index contributed by atoms with van der Waals surface area (Å²) in [7, 11) is 0. The van der Waals surface area contributed by atoms with Gasteiger partial charge in [0.2, 0.25) is 0 Å². The first-order chi connectivity index (χ1) is 11.0. The molecule has 1 saturated carbocycles. The molecular weight excluding hydrogens is 462 g/mol. The lowest BCUT2D eigenvalue weighted by Gasteiger charge is -2.29. The second-order valence-corrected chi connectivity index (χ2v) is 9.06. The molecule has 1 saturated heterocycles. The van der Waals surface area contributed by atoms with Crippen molar-refractivity contribution in [2.75, 3.05) is 0 Å². The number of rotatable bonds is 2. The third-order valence-corrected chi connectivity index (χ3v) is 6.64. The molecule has 1 aromatic rings. The smallest absolute Gasteiger partial charge is 0.266 e. The standard InChI is InChI=1S/C16H15Br2NO2S2/c17-11-6-9(7-12(18)14(11)20)8-13-15(21)19(16(22)23-13)10-4-2-1-3-5-10/h6-8,10,20H,1-5H2/b13-8-. The van der Waals surface area contributed by atoms with Gasteiger partial charge in [-0.1, -0.05) is 43.2 Å². The first-order valence-electron chi connectivity index (χ1n) is 7.42. The quantitative estimate of drug-likeness (QED) is 0.455. The summed E-state index contributed by atoms with van der Waals surface area (Å²) in [6.45, 7) is 0. The van der Waals surface area contributed by atoms with Crippen molar-refractivity contribution < 1.29 is 9.90 Å². The molecule has 2 aliphatic rings. The number of benzene rings is 1. The third-order valence-electron chi connectivity index (χ3n) is 4.10. The number of halogens is 2. The van der Waals surface area contributed by atoms with Crippen molar-refractivity contribution in [3.05, 3.63) is 31.5 Å². The van der Waals surface area contributed by atoms with Gasteiger partial charge in [-0.15, -0.1) is 0 Å². The van der Waals surface area contributed by atoms with Gasteiger partial charge in [0, 0.05) is 6.04 Å². The summed E-state index contributed by atoms with van der Waals surface area (Å²) in [5.74, 6) is 0.157. The van der Waals surface area contributed by atoms with Crippen LogP contribution >= 0.6 is 55.8 Å². The Hall–Kier alpha value is -0.370. The molecule has 122 valence electrons. The van der Waals surface area contributed by atoms with E-state index < -0.39 is 0 Å². The molecule has 0 aromatic heterocycles. The van der Waals surface area contributed by atoms with E-state index in [0.717, 1.165) is 18.4 Å². The first kappa shape index (κ1) is 17.5. The molecule has 7 heteroatoms. The van der Waals surface area contributed by atoms with E-state index in [4.69, 9.17) is 12.2 Å². The highest BCUT2D eigenvalue weighted by atomic mass is 79.9. The van der Waals surface area contributed by atoms with Crippen LogP contribution in [-0.4, -0.2) is 26.3 Å². The predicted molar refractivity (Wildman–Crippen MR) is 105 cm³/mol. The zero-order valence-corrected chi connectivity index (χ0v) is 17.0. The van der Waals surface area contributed by atoms with Gasteiger partial charge in [-0.25, -0.2) is 0 Å². The Kier molecular flexibility index (Phi) is 5.50. The molecule has 0 bridgehead atoms. The molecule has 1 aliphatic carbocycles. The molecule has 1 N–H and O–H groups in total. The van der Waals surface area contributed by atoms with E-state index in [0.29, 0.717) is 18.2 Å². The predicted octanol–water partition coefficient (Wildman–Crippen LogP) is 5.45. The van der Waals surface area contributed by atoms with Crippen LogP contribution < -0.4 is 0 Å². The first-order valence-corrected chi connectivity index (χ1v) is 10.2. The van der Waals surface area contributed by atoms with E-state index >= 15 is 0 Å². The van der Waals surface area contributed by atoms with Crippen molar-refractivity contribution >= 4 is 72.1 Å². The van der Waals surface area contributed by atoms with Gasteiger partial charge >= 0.3 is 0 Å². The fourth-order valence-electron chi connectivity index (χ4n) is 2.95. The maximum atomic E-state index is 12.7. The number of phenolic OH excluding ortho intramolecular Hbond substituents is 1. The highest BCUT2D eigenvalue weighted by Crippen LogP contribution is 2.39. The molecule has 23 heavy (non-hydrogen) atoms. The van der Waals surface area contributed by atoms with E-state index in [-0.39, 0.29) is 17.7 Å². The van der Waals surface area contributed by atoms with Crippen LogP contribution in [0.1, 0.15) is 37.7 Å². The van der Waals surface area contributed by atoms with Gasteiger partial charge in [-0.3, -0.25) is 9.69 Å². The summed E-state index contributed by atoms with van der Waals surface area (Å²) in [5.41, 5.74) is 0.839. The minimum absolute atomic E-state index is 0.00669. The van der Waals surface area contributed by atoms with Crippen LogP contribution in [0.3, 0.4) is 0 Å². The van der Waals surface area contributed by atoms with E-state index in [1.54, 1.807) is 17.0 Å².